The van der Waals surface area contributed by atoms with Crippen LogP contribution < -0.4 is 0 Å². The van der Waals surface area contributed by atoms with E-state index in [4.69, 9.17) is 4.74 Å². The molecule has 3 rings (SSSR count). The summed E-state index contributed by atoms with van der Waals surface area (Å²) < 4.78 is 5.68. The molecule has 1 aliphatic heterocycles. The molecule has 3 aliphatic rings. The number of hydrogen-bond donors (Lipinski definition) is 2. The Labute approximate surface area is 145 Å². The highest BCUT2D eigenvalue weighted by Gasteiger charge is 2.56. The minimum atomic E-state index is -0.646. The average Bonchev–Trinajstić information content (AvgIpc) is 3.21. The fraction of sp³-hybridized carbons (Fsp3) is 0.850. The van der Waals surface area contributed by atoms with Crippen LogP contribution >= 0.6 is 0 Å². The lowest BCUT2D eigenvalue weighted by atomic mass is 9.51. The normalized spacial score (nSPS) is 47.7. The summed E-state index contributed by atoms with van der Waals surface area (Å²) in [7, 11) is 0. The van der Waals surface area contributed by atoms with Gasteiger partial charge in [0.25, 0.3) is 0 Å². The maximum Gasteiger partial charge on any atom is 0.309 e. The van der Waals surface area contributed by atoms with Gasteiger partial charge in [-0.25, -0.2) is 0 Å². The van der Waals surface area contributed by atoms with Crippen molar-refractivity contribution in [2.45, 2.75) is 77.9 Å². The highest BCUT2D eigenvalue weighted by atomic mass is 16.6. The average molecular weight is 336 g/mol. The number of epoxide rings is 1. The molecule has 24 heavy (non-hydrogen) atoms. The Kier molecular flexibility index (Phi) is 4.37. The SMILES string of the molecule is C[C@@H]1CC[C@H]2C(=CCC[C@]2(C)C(=O)O)[C@@]1(C)CC[C@@]1(C)O[C@@H]1CO. The highest BCUT2D eigenvalue weighted by Crippen LogP contribution is 2.59. The van der Waals surface area contributed by atoms with Crippen LogP contribution in [-0.2, 0) is 9.53 Å². The maximum atomic E-state index is 12.0. The van der Waals surface area contributed by atoms with Gasteiger partial charge in [0.2, 0.25) is 0 Å². The Bertz CT molecular complexity index is 556. The zero-order chi connectivity index (χ0) is 17.8. The van der Waals surface area contributed by atoms with Crippen LogP contribution in [0.4, 0.5) is 0 Å². The quantitative estimate of drug-likeness (QED) is 0.592. The Hall–Kier alpha value is -0.870. The van der Waals surface area contributed by atoms with Gasteiger partial charge < -0.3 is 14.9 Å². The van der Waals surface area contributed by atoms with Crippen molar-refractivity contribution >= 4 is 5.97 Å². The van der Waals surface area contributed by atoms with Crippen LogP contribution in [0.2, 0.25) is 0 Å². The molecule has 0 aromatic rings. The number of hydrogen-bond acceptors (Lipinski definition) is 3. The second-order valence-corrected chi connectivity index (χ2v) is 8.97. The number of ether oxygens (including phenoxy) is 1. The fourth-order valence-corrected chi connectivity index (χ4v) is 5.21. The first-order valence-electron chi connectivity index (χ1n) is 9.40. The van der Waals surface area contributed by atoms with E-state index in [9.17, 15) is 15.0 Å². The number of aliphatic carboxylic acids is 1. The summed E-state index contributed by atoms with van der Waals surface area (Å²) in [6, 6.07) is 0. The van der Waals surface area contributed by atoms with Crippen LogP contribution in [0, 0.1) is 22.7 Å². The molecule has 136 valence electrons. The molecule has 6 atom stereocenters. The van der Waals surface area contributed by atoms with Crippen LogP contribution in [0.1, 0.15) is 66.2 Å². The van der Waals surface area contributed by atoms with Gasteiger partial charge in [-0.1, -0.05) is 25.5 Å². The van der Waals surface area contributed by atoms with E-state index in [1.165, 1.54) is 5.57 Å². The van der Waals surface area contributed by atoms with Gasteiger partial charge in [0.15, 0.2) is 0 Å². The van der Waals surface area contributed by atoms with Gasteiger partial charge in [-0.05, 0) is 69.6 Å². The number of carboxylic acids is 1. The standard InChI is InChI=1S/C20H32O4/c1-13-7-8-15-14(6-5-9-19(15,3)17(22)23)18(13,2)10-11-20(4)16(12-21)24-20/h6,13,15-16,21H,5,7-12H2,1-4H3,(H,22,23)/t13-,15+,16-,18+,19+,20-/m1/s1. The van der Waals surface area contributed by atoms with E-state index in [0.717, 1.165) is 38.5 Å². The molecule has 1 saturated carbocycles. The summed E-state index contributed by atoms with van der Waals surface area (Å²) in [4.78, 5) is 12.0. The highest BCUT2D eigenvalue weighted by molar-refractivity contribution is 5.75. The van der Waals surface area contributed by atoms with Crippen molar-refractivity contribution in [1.82, 2.24) is 0 Å². The molecule has 4 heteroatoms. The first-order valence-corrected chi connectivity index (χ1v) is 9.40. The van der Waals surface area contributed by atoms with Gasteiger partial charge in [-0.2, -0.15) is 0 Å². The van der Waals surface area contributed by atoms with Crippen LogP contribution in [0.3, 0.4) is 0 Å². The number of carboxylic acid groups (broad SMARTS) is 1. The molecule has 2 aliphatic carbocycles. The van der Waals surface area contributed by atoms with E-state index in [0.29, 0.717) is 5.92 Å². The summed E-state index contributed by atoms with van der Waals surface area (Å²) in [5, 5.41) is 19.1. The lowest BCUT2D eigenvalue weighted by Gasteiger charge is -2.52. The number of aliphatic hydroxyl groups is 1. The molecule has 0 bridgehead atoms. The molecule has 0 amide bonds. The third-order valence-corrected chi connectivity index (χ3v) is 7.64. The largest absolute Gasteiger partial charge is 0.481 e. The molecule has 0 aromatic heterocycles. The van der Waals surface area contributed by atoms with Gasteiger partial charge in [0, 0.05) is 0 Å². The minimum Gasteiger partial charge on any atom is -0.481 e. The summed E-state index contributed by atoms with van der Waals surface area (Å²) in [5.41, 5.74) is 0.589. The molecule has 4 nitrogen and oxygen atoms in total. The number of rotatable bonds is 5. The monoisotopic (exact) mass is 336 g/mol. The molecule has 0 spiro atoms. The van der Waals surface area contributed by atoms with Crippen molar-refractivity contribution in [3.63, 3.8) is 0 Å². The Balaban J connectivity index is 1.83. The molecule has 1 heterocycles. The summed E-state index contributed by atoms with van der Waals surface area (Å²) in [5.74, 6) is 0.0606. The lowest BCUT2D eigenvalue weighted by molar-refractivity contribution is -0.152. The van der Waals surface area contributed by atoms with E-state index in [-0.39, 0.29) is 29.6 Å². The van der Waals surface area contributed by atoms with Crippen LogP contribution in [0.25, 0.3) is 0 Å². The third kappa shape index (κ3) is 2.62. The molecule has 0 unspecified atom stereocenters. The Morgan fingerprint density at radius 3 is 2.58 bits per heavy atom. The fourth-order valence-electron chi connectivity index (χ4n) is 5.21. The van der Waals surface area contributed by atoms with Crippen molar-refractivity contribution in [1.29, 1.82) is 0 Å². The molecule has 0 radical (unpaired) electrons. The van der Waals surface area contributed by atoms with Crippen molar-refractivity contribution in [2.24, 2.45) is 22.7 Å². The predicted molar refractivity (Wildman–Crippen MR) is 92.7 cm³/mol. The number of allylic oxidation sites excluding steroid dienone is 2. The van der Waals surface area contributed by atoms with Gasteiger partial charge in [0.1, 0.15) is 6.10 Å². The second-order valence-electron chi connectivity index (χ2n) is 8.97. The zero-order valence-corrected chi connectivity index (χ0v) is 15.5. The van der Waals surface area contributed by atoms with Crippen LogP contribution in [0.15, 0.2) is 11.6 Å². The van der Waals surface area contributed by atoms with Crippen molar-refractivity contribution in [3.8, 4) is 0 Å². The Morgan fingerprint density at radius 2 is 2.00 bits per heavy atom. The molecule has 1 saturated heterocycles. The van der Waals surface area contributed by atoms with E-state index < -0.39 is 11.4 Å². The molecular formula is C20H32O4. The number of carbonyl (C=O) groups is 1. The van der Waals surface area contributed by atoms with E-state index in [1.54, 1.807) is 0 Å². The van der Waals surface area contributed by atoms with Crippen LogP contribution in [-0.4, -0.2) is 34.5 Å². The van der Waals surface area contributed by atoms with Crippen molar-refractivity contribution in [3.05, 3.63) is 11.6 Å². The number of aliphatic hydroxyl groups excluding tert-OH is 1. The molecule has 2 fully saturated rings. The van der Waals surface area contributed by atoms with E-state index in [1.807, 2.05) is 6.92 Å². The summed E-state index contributed by atoms with van der Waals surface area (Å²) >= 11 is 0. The molecular weight excluding hydrogens is 304 g/mol. The van der Waals surface area contributed by atoms with Gasteiger partial charge in [0.05, 0.1) is 17.6 Å². The minimum absolute atomic E-state index is 0.0274. The third-order valence-electron chi connectivity index (χ3n) is 7.64. The van der Waals surface area contributed by atoms with Gasteiger partial charge >= 0.3 is 5.97 Å². The molecule has 0 aromatic carbocycles. The second kappa shape index (κ2) is 5.84. The predicted octanol–water partition coefficient (Wildman–Crippen LogP) is 3.78. The van der Waals surface area contributed by atoms with E-state index in [2.05, 4.69) is 26.8 Å². The first kappa shape index (κ1) is 17.9. The van der Waals surface area contributed by atoms with Crippen molar-refractivity contribution in [2.75, 3.05) is 6.61 Å². The van der Waals surface area contributed by atoms with Gasteiger partial charge in [-0.15, -0.1) is 0 Å². The summed E-state index contributed by atoms with van der Waals surface area (Å²) in [6.07, 6.45) is 7.91. The van der Waals surface area contributed by atoms with Gasteiger partial charge in [-0.3, -0.25) is 4.79 Å². The first-order chi connectivity index (χ1) is 11.2. The summed E-state index contributed by atoms with van der Waals surface area (Å²) in [6.45, 7) is 8.74. The maximum absolute atomic E-state index is 12.0. The zero-order valence-electron chi connectivity index (χ0n) is 15.5. The topological polar surface area (TPSA) is 70.1 Å². The molecule has 2 N–H and O–H groups in total. The lowest BCUT2D eigenvalue weighted by Crippen LogP contribution is -2.47. The number of fused-ring (bicyclic) bond motifs is 1. The van der Waals surface area contributed by atoms with Crippen LogP contribution in [0.5, 0.6) is 0 Å². The smallest absolute Gasteiger partial charge is 0.309 e. The van der Waals surface area contributed by atoms with E-state index >= 15 is 0 Å². The Morgan fingerprint density at radius 1 is 1.29 bits per heavy atom. The van der Waals surface area contributed by atoms with Crippen molar-refractivity contribution < 1.29 is 19.7 Å².